The second-order valence-corrected chi connectivity index (χ2v) is 3.64. The molecule has 1 saturated carbocycles. The van der Waals surface area contributed by atoms with E-state index >= 15 is 0 Å². The molecule has 0 aliphatic heterocycles. The minimum Gasteiger partial charge on any atom is -0.396 e. The molecule has 0 saturated heterocycles. The largest absolute Gasteiger partial charge is 0.396 e. The summed E-state index contributed by atoms with van der Waals surface area (Å²) >= 11 is 0. The maximum absolute atomic E-state index is 9.04. The third-order valence-electron chi connectivity index (χ3n) is 3.22. The van der Waals surface area contributed by atoms with Crippen LogP contribution in [0, 0.1) is 23.7 Å². The average molecular weight is 154 g/mol. The highest BCUT2D eigenvalue weighted by Gasteiger charge is 2.43. The molecule has 0 aromatic carbocycles. The first kappa shape index (κ1) is 7.32. The number of aliphatic hydroxyl groups excluding tert-OH is 2. The highest BCUT2D eigenvalue weighted by atomic mass is 16.3. The van der Waals surface area contributed by atoms with Crippen molar-refractivity contribution in [1.82, 2.24) is 0 Å². The van der Waals surface area contributed by atoms with Gasteiger partial charge in [0.1, 0.15) is 0 Å². The van der Waals surface area contributed by atoms with Crippen molar-refractivity contribution in [3.8, 4) is 0 Å². The van der Waals surface area contributed by atoms with E-state index in [4.69, 9.17) is 10.2 Å². The molecule has 2 aliphatic carbocycles. The van der Waals surface area contributed by atoms with Crippen LogP contribution in [-0.2, 0) is 0 Å². The first-order chi connectivity index (χ1) is 5.36. The van der Waals surface area contributed by atoms with Gasteiger partial charge in [0.2, 0.25) is 0 Å². The fraction of sp³-hybridized carbons (Fsp3) is 0.778. The molecule has 62 valence electrons. The summed E-state index contributed by atoms with van der Waals surface area (Å²) in [4.78, 5) is 0. The molecule has 0 heterocycles. The quantitative estimate of drug-likeness (QED) is 0.565. The van der Waals surface area contributed by atoms with Gasteiger partial charge in [0.25, 0.3) is 0 Å². The van der Waals surface area contributed by atoms with Crippen LogP contribution in [0.25, 0.3) is 0 Å². The maximum Gasteiger partial charge on any atom is 0.0468 e. The lowest BCUT2D eigenvalue weighted by molar-refractivity contribution is 0.112. The molecule has 0 spiro atoms. The van der Waals surface area contributed by atoms with Crippen LogP contribution < -0.4 is 0 Å². The van der Waals surface area contributed by atoms with E-state index in [-0.39, 0.29) is 13.2 Å². The zero-order chi connectivity index (χ0) is 7.84. The maximum atomic E-state index is 9.04. The van der Waals surface area contributed by atoms with Gasteiger partial charge in [0.05, 0.1) is 0 Å². The van der Waals surface area contributed by atoms with Crippen molar-refractivity contribution >= 4 is 0 Å². The fourth-order valence-electron chi connectivity index (χ4n) is 2.57. The second kappa shape index (κ2) is 2.61. The molecule has 2 rings (SSSR count). The lowest BCUT2D eigenvalue weighted by Crippen LogP contribution is -2.25. The number of aliphatic hydroxyl groups is 2. The molecule has 2 heteroatoms. The molecule has 4 atom stereocenters. The van der Waals surface area contributed by atoms with Crippen molar-refractivity contribution in [1.29, 1.82) is 0 Å². The highest BCUT2D eigenvalue weighted by molar-refractivity contribution is 5.13. The SMILES string of the molecule is OC[C@H]1C2C=CC(C2)[C@@H]1CO. The Hall–Kier alpha value is -0.340. The molecule has 11 heavy (non-hydrogen) atoms. The third-order valence-corrected chi connectivity index (χ3v) is 3.22. The predicted molar refractivity (Wildman–Crippen MR) is 41.9 cm³/mol. The fourth-order valence-corrected chi connectivity index (χ4v) is 2.57. The summed E-state index contributed by atoms with van der Waals surface area (Å²) in [5.41, 5.74) is 0. The van der Waals surface area contributed by atoms with Crippen LogP contribution >= 0.6 is 0 Å². The topological polar surface area (TPSA) is 40.5 Å². The molecular formula is C9H14O2. The molecule has 0 amide bonds. The standard InChI is InChI=1S/C9H14O2/c10-4-8-6-1-2-7(3-6)9(8)5-11/h1-2,6-11H,3-5H2/t6?,7?,8-,9-/m0/s1. The molecule has 2 N–H and O–H groups in total. The summed E-state index contributed by atoms with van der Waals surface area (Å²) in [5.74, 6) is 1.74. The van der Waals surface area contributed by atoms with Gasteiger partial charge in [0.15, 0.2) is 0 Å². The van der Waals surface area contributed by atoms with Gasteiger partial charge in [0, 0.05) is 13.2 Å². The van der Waals surface area contributed by atoms with Crippen molar-refractivity contribution in [3.05, 3.63) is 12.2 Å². The number of hydrogen-bond acceptors (Lipinski definition) is 2. The van der Waals surface area contributed by atoms with E-state index in [9.17, 15) is 0 Å². The number of fused-ring (bicyclic) bond motifs is 2. The van der Waals surface area contributed by atoms with Crippen molar-refractivity contribution in [2.75, 3.05) is 13.2 Å². The van der Waals surface area contributed by atoms with Crippen LogP contribution in [0.1, 0.15) is 6.42 Å². The van der Waals surface area contributed by atoms with Crippen LogP contribution in [0.5, 0.6) is 0 Å². The van der Waals surface area contributed by atoms with E-state index in [1.165, 1.54) is 0 Å². The minimum atomic E-state index is 0.233. The summed E-state index contributed by atoms with van der Waals surface area (Å²) in [6, 6.07) is 0. The van der Waals surface area contributed by atoms with Gasteiger partial charge in [-0.15, -0.1) is 0 Å². The summed E-state index contributed by atoms with van der Waals surface area (Å²) in [7, 11) is 0. The molecule has 0 aromatic rings. The van der Waals surface area contributed by atoms with Crippen molar-refractivity contribution in [2.24, 2.45) is 23.7 Å². The lowest BCUT2D eigenvalue weighted by Gasteiger charge is -2.23. The van der Waals surface area contributed by atoms with Crippen LogP contribution in [0.3, 0.4) is 0 Å². The first-order valence-corrected chi connectivity index (χ1v) is 4.27. The number of hydrogen-bond donors (Lipinski definition) is 2. The summed E-state index contributed by atoms with van der Waals surface area (Å²) in [6.45, 7) is 0.466. The Kier molecular flexibility index (Phi) is 1.74. The highest BCUT2D eigenvalue weighted by Crippen LogP contribution is 2.47. The van der Waals surface area contributed by atoms with Gasteiger partial charge in [-0.05, 0) is 30.1 Å². The van der Waals surface area contributed by atoms with Crippen LogP contribution in [0.2, 0.25) is 0 Å². The Morgan fingerprint density at radius 1 is 1.00 bits per heavy atom. The zero-order valence-corrected chi connectivity index (χ0v) is 6.48. The smallest absolute Gasteiger partial charge is 0.0468 e. The van der Waals surface area contributed by atoms with E-state index in [2.05, 4.69) is 12.2 Å². The normalized spacial score (nSPS) is 47.1. The monoisotopic (exact) mass is 154 g/mol. The first-order valence-electron chi connectivity index (χ1n) is 4.27. The molecule has 1 fully saturated rings. The Bertz CT molecular complexity index is 158. The molecule has 0 aromatic heterocycles. The Balaban J connectivity index is 2.15. The van der Waals surface area contributed by atoms with Crippen LogP contribution in [0.4, 0.5) is 0 Å². The van der Waals surface area contributed by atoms with Crippen molar-refractivity contribution < 1.29 is 10.2 Å². The Morgan fingerprint density at radius 2 is 1.45 bits per heavy atom. The Morgan fingerprint density at radius 3 is 1.82 bits per heavy atom. The van der Waals surface area contributed by atoms with Gasteiger partial charge in [-0.25, -0.2) is 0 Å². The second-order valence-electron chi connectivity index (χ2n) is 3.64. The zero-order valence-electron chi connectivity index (χ0n) is 6.48. The minimum absolute atomic E-state index is 0.233. The molecule has 2 nitrogen and oxygen atoms in total. The van der Waals surface area contributed by atoms with E-state index < -0.39 is 0 Å². The summed E-state index contributed by atoms with van der Waals surface area (Å²) in [6.07, 6.45) is 5.53. The Labute approximate surface area is 66.5 Å². The van der Waals surface area contributed by atoms with E-state index in [0.29, 0.717) is 23.7 Å². The average Bonchev–Trinajstić information content (AvgIpc) is 2.60. The van der Waals surface area contributed by atoms with Crippen LogP contribution in [0.15, 0.2) is 12.2 Å². The van der Waals surface area contributed by atoms with E-state index in [1.807, 2.05) is 0 Å². The number of rotatable bonds is 2. The third kappa shape index (κ3) is 0.932. The van der Waals surface area contributed by atoms with Gasteiger partial charge in [-0.3, -0.25) is 0 Å². The molecule has 2 unspecified atom stereocenters. The van der Waals surface area contributed by atoms with E-state index in [1.54, 1.807) is 0 Å². The molecule has 2 aliphatic rings. The lowest BCUT2D eigenvalue weighted by atomic mass is 9.84. The molecule has 2 bridgehead atoms. The summed E-state index contributed by atoms with van der Waals surface area (Å²) in [5, 5.41) is 18.1. The number of allylic oxidation sites excluding steroid dienone is 2. The predicted octanol–water partition coefficient (Wildman–Crippen LogP) is 0.409. The molecular weight excluding hydrogens is 140 g/mol. The van der Waals surface area contributed by atoms with Crippen LogP contribution in [-0.4, -0.2) is 23.4 Å². The van der Waals surface area contributed by atoms with Gasteiger partial charge < -0.3 is 10.2 Å². The van der Waals surface area contributed by atoms with Gasteiger partial charge >= 0.3 is 0 Å². The molecule has 0 radical (unpaired) electrons. The van der Waals surface area contributed by atoms with Gasteiger partial charge in [-0.2, -0.15) is 0 Å². The van der Waals surface area contributed by atoms with E-state index in [0.717, 1.165) is 6.42 Å². The van der Waals surface area contributed by atoms with Gasteiger partial charge in [-0.1, -0.05) is 12.2 Å². The van der Waals surface area contributed by atoms with Crippen molar-refractivity contribution in [3.63, 3.8) is 0 Å². The van der Waals surface area contributed by atoms with Crippen molar-refractivity contribution in [2.45, 2.75) is 6.42 Å². The summed E-state index contributed by atoms with van der Waals surface area (Å²) < 4.78 is 0.